The summed E-state index contributed by atoms with van der Waals surface area (Å²) in [6.45, 7) is 0.649. The maximum absolute atomic E-state index is 12.2. The van der Waals surface area contributed by atoms with Gasteiger partial charge < -0.3 is 9.84 Å². The number of benzene rings is 2. The quantitative estimate of drug-likeness (QED) is 0.496. The van der Waals surface area contributed by atoms with Crippen LogP contribution in [0.1, 0.15) is 22.3 Å². The number of carbonyl (C=O) groups excluding carboxylic acids is 1. The van der Waals surface area contributed by atoms with Crippen molar-refractivity contribution < 1.29 is 14.6 Å². The van der Waals surface area contributed by atoms with Crippen molar-refractivity contribution in [3.8, 4) is 11.5 Å². The van der Waals surface area contributed by atoms with Crippen molar-refractivity contribution in [1.82, 2.24) is 0 Å². The summed E-state index contributed by atoms with van der Waals surface area (Å²) in [5.41, 5.74) is 1.15. The highest BCUT2D eigenvalue weighted by Gasteiger charge is 2.08. The summed E-state index contributed by atoms with van der Waals surface area (Å²) in [5.74, 6) is 0.835. The molecule has 0 atom stereocenters. The van der Waals surface area contributed by atoms with E-state index in [4.69, 9.17) is 4.74 Å². The van der Waals surface area contributed by atoms with Crippen molar-refractivity contribution in [2.75, 3.05) is 11.9 Å². The lowest BCUT2D eigenvalue weighted by Gasteiger charge is -2.06. The molecule has 0 saturated heterocycles. The summed E-state index contributed by atoms with van der Waals surface area (Å²) in [6, 6.07) is 13.3. The Kier molecular flexibility index (Phi) is 5.18. The first-order chi connectivity index (χ1) is 9.70. The van der Waals surface area contributed by atoms with E-state index < -0.39 is 0 Å². The lowest BCUT2D eigenvalue weighted by molar-refractivity contribution is 0.103. The van der Waals surface area contributed by atoms with Gasteiger partial charge in [0, 0.05) is 16.5 Å². The van der Waals surface area contributed by atoms with E-state index in [2.05, 4.69) is 15.9 Å². The molecule has 0 unspecified atom stereocenters. The van der Waals surface area contributed by atoms with E-state index in [0.717, 1.165) is 17.5 Å². The molecule has 0 radical (unpaired) electrons. The van der Waals surface area contributed by atoms with Crippen LogP contribution in [0.2, 0.25) is 0 Å². The molecule has 1 N–H and O–H groups in total. The van der Waals surface area contributed by atoms with Crippen LogP contribution in [0, 0.1) is 0 Å². The molecule has 0 bridgehead atoms. The predicted molar refractivity (Wildman–Crippen MR) is 81.9 cm³/mol. The van der Waals surface area contributed by atoms with Crippen LogP contribution in [0.25, 0.3) is 0 Å². The Hall–Kier alpha value is -1.81. The number of rotatable bonds is 6. The van der Waals surface area contributed by atoms with Crippen molar-refractivity contribution in [3.05, 3.63) is 59.7 Å². The number of alkyl halides is 1. The van der Waals surface area contributed by atoms with Gasteiger partial charge in [-0.15, -0.1) is 0 Å². The Bertz CT molecular complexity index is 561. The number of ether oxygens (including phenoxy) is 1. The molecule has 0 aliphatic rings. The molecule has 0 aromatic heterocycles. The fourth-order valence-corrected chi connectivity index (χ4v) is 1.96. The summed E-state index contributed by atoms with van der Waals surface area (Å²) in [6.07, 6.45) is 0.939. The van der Waals surface area contributed by atoms with Crippen LogP contribution in [0.4, 0.5) is 0 Å². The number of phenolic OH excluding ortho intramolecular Hbond substituents is 1. The van der Waals surface area contributed by atoms with Crippen molar-refractivity contribution in [3.63, 3.8) is 0 Å². The second-order valence-corrected chi connectivity index (χ2v) is 5.08. The molecule has 0 aliphatic heterocycles. The van der Waals surface area contributed by atoms with Gasteiger partial charge in [0.15, 0.2) is 5.78 Å². The number of carbonyl (C=O) groups is 1. The van der Waals surface area contributed by atoms with Gasteiger partial charge in [-0.05, 0) is 55.0 Å². The largest absolute Gasteiger partial charge is 0.508 e. The molecular weight excluding hydrogens is 320 g/mol. The molecule has 2 rings (SSSR count). The average molecular weight is 335 g/mol. The zero-order valence-corrected chi connectivity index (χ0v) is 12.5. The van der Waals surface area contributed by atoms with Gasteiger partial charge in [-0.2, -0.15) is 0 Å². The third kappa shape index (κ3) is 3.84. The zero-order chi connectivity index (χ0) is 14.4. The van der Waals surface area contributed by atoms with E-state index >= 15 is 0 Å². The van der Waals surface area contributed by atoms with Gasteiger partial charge in [-0.1, -0.05) is 15.9 Å². The van der Waals surface area contributed by atoms with Crippen LogP contribution in [0.3, 0.4) is 0 Å². The number of hydrogen-bond acceptors (Lipinski definition) is 3. The minimum atomic E-state index is -0.0722. The lowest BCUT2D eigenvalue weighted by Crippen LogP contribution is -2.02. The third-order valence-electron chi connectivity index (χ3n) is 2.79. The Labute approximate surface area is 126 Å². The van der Waals surface area contributed by atoms with E-state index in [9.17, 15) is 9.90 Å². The van der Waals surface area contributed by atoms with E-state index in [1.165, 1.54) is 12.1 Å². The van der Waals surface area contributed by atoms with Crippen molar-refractivity contribution in [2.45, 2.75) is 6.42 Å². The topological polar surface area (TPSA) is 46.5 Å². The van der Waals surface area contributed by atoms with Gasteiger partial charge in [-0.3, -0.25) is 4.79 Å². The number of halogens is 1. The first-order valence-corrected chi connectivity index (χ1v) is 7.45. The summed E-state index contributed by atoms with van der Waals surface area (Å²) < 4.78 is 5.53. The molecule has 0 aliphatic carbocycles. The molecular formula is C16H15BrO3. The van der Waals surface area contributed by atoms with Crippen LogP contribution < -0.4 is 4.74 Å². The highest BCUT2D eigenvalue weighted by atomic mass is 79.9. The molecule has 2 aromatic carbocycles. The monoisotopic (exact) mass is 334 g/mol. The van der Waals surface area contributed by atoms with Crippen molar-refractivity contribution in [1.29, 1.82) is 0 Å². The molecule has 0 heterocycles. The molecule has 0 saturated carbocycles. The zero-order valence-electron chi connectivity index (χ0n) is 10.9. The minimum absolute atomic E-state index is 0.0722. The lowest BCUT2D eigenvalue weighted by atomic mass is 10.0. The third-order valence-corrected chi connectivity index (χ3v) is 3.35. The standard InChI is InChI=1S/C16H15BrO3/c17-10-1-11-20-15-8-4-13(5-9-15)16(19)12-2-6-14(18)7-3-12/h2-9,18H,1,10-11H2. The van der Waals surface area contributed by atoms with Crippen molar-refractivity contribution >= 4 is 21.7 Å². The fourth-order valence-electron chi connectivity index (χ4n) is 1.73. The second kappa shape index (κ2) is 7.10. The first kappa shape index (κ1) is 14.6. The number of ketones is 1. The maximum atomic E-state index is 12.2. The summed E-state index contributed by atoms with van der Waals surface area (Å²) in [4.78, 5) is 12.2. The van der Waals surface area contributed by atoms with Crippen LogP contribution in [-0.4, -0.2) is 22.8 Å². The Balaban J connectivity index is 2.05. The van der Waals surface area contributed by atoms with Crippen LogP contribution in [0.5, 0.6) is 11.5 Å². The Morgan fingerprint density at radius 1 is 1.00 bits per heavy atom. The van der Waals surface area contributed by atoms with Gasteiger partial charge in [0.25, 0.3) is 0 Å². The molecule has 20 heavy (non-hydrogen) atoms. The Morgan fingerprint density at radius 3 is 2.10 bits per heavy atom. The smallest absolute Gasteiger partial charge is 0.193 e. The molecule has 0 amide bonds. The van der Waals surface area contributed by atoms with E-state index in [1.807, 2.05) is 0 Å². The number of aromatic hydroxyl groups is 1. The van der Waals surface area contributed by atoms with Crippen LogP contribution in [0.15, 0.2) is 48.5 Å². The van der Waals surface area contributed by atoms with Gasteiger partial charge in [-0.25, -0.2) is 0 Å². The van der Waals surface area contributed by atoms with E-state index in [0.29, 0.717) is 17.7 Å². The van der Waals surface area contributed by atoms with E-state index in [1.54, 1.807) is 36.4 Å². The van der Waals surface area contributed by atoms with Crippen LogP contribution in [-0.2, 0) is 0 Å². The van der Waals surface area contributed by atoms with Gasteiger partial charge in [0.1, 0.15) is 11.5 Å². The second-order valence-electron chi connectivity index (χ2n) is 4.29. The van der Waals surface area contributed by atoms with Crippen LogP contribution >= 0.6 is 15.9 Å². The molecule has 0 fully saturated rings. The van der Waals surface area contributed by atoms with E-state index in [-0.39, 0.29) is 11.5 Å². The van der Waals surface area contributed by atoms with Crippen molar-refractivity contribution in [2.24, 2.45) is 0 Å². The van der Waals surface area contributed by atoms with Gasteiger partial charge >= 0.3 is 0 Å². The molecule has 4 heteroatoms. The summed E-state index contributed by atoms with van der Waals surface area (Å²) >= 11 is 3.34. The highest BCUT2D eigenvalue weighted by molar-refractivity contribution is 9.09. The Morgan fingerprint density at radius 2 is 1.55 bits per heavy atom. The van der Waals surface area contributed by atoms with Gasteiger partial charge in [0.05, 0.1) is 6.61 Å². The number of hydrogen-bond donors (Lipinski definition) is 1. The number of phenols is 1. The maximum Gasteiger partial charge on any atom is 0.193 e. The molecule has 2 aromatic rings. The molecule has 3 nitrogen and oxygen atoms in total. The molecule has 0 spiro atoms. The predicted octanol–water partition coefficient (Wildman–Crippen LogP) is 3.79. The average Bonchev–Trinajstić information content (AvgIpc) is 2.48. The highest BCUT2D eigenvalue weighted by Crippen LogP contribution is 2.17. The summed E-state index contributed by atoms with van der Waals surface area (Å²) in [5, 5.41) is 10.1. The summed E-state index contributed by atoms with van der Waals surface area (Å²) in [7, 11) is 0. The minimum Gasteiger partial charge on any atom is -0.508 e. The SMILES string of the molecule is O=C(c1ccc(O)cc1)c1ccc(OCCCBr)cc1. The fraction of sp³-hybridized carbons (Fsp3) is 0.188. The van der Waals surface area contributed by atoms with Gasteiger partial charge in [0.2, 0.25) is 0 Å². The first-order valence-electron chi connectivity index (χ1n) is 6.33. The normalized spacial score (nSPS) is 10.2. The molecule has 104 valence electrons.